The number of para-hydroxylation sites is 1. The van der Waals surface area contributed by atoms with Crippen LogP contribution in [0.3, 0.4) is 0 Å². The number of aliphatic imine (C=N–C) groups is 1. The zero-order valence-electron chi connectivity index (χ0n) is 17.4. The summed E-state index contributed by atoms with van der Waals surface area (Å²) in [5, 5.41) is 10.8. The number of hydrogen-bond donors (Lipinski definition) is 2. The van der Waals surface area contributed by atoms with E-state index in [-0.39, 0.29) is 5.56 Å². The Balaban J connectivity index is 2.09. The van der Waals surface area contributed by atoms with Gasteiger partial charge in [-0.25, -0.2) is 9.36 Å². The van der Waals surface area contributed by atoms with Crippen LogP contribution in [0.25, 0.3) is 5.69 Å². The maximum atomic E-state index is 12.5. The third-order valence-electron chi connectivity index (χ3n) is 4.97. The van der Waals surface area contributed by atoms with Gasteiger partial charge in [-0.3, -0.25) is 14.8 Å². The average molecular weight is 406 g/mol. The van der Waals surface area contributed by atoms with Crippen LogP contribution in [-0.2, 0) is 0 Å². The fourth-order valence-corrected chi connectivity index (χ4v) is 3.40. The first-order chi connectivity index (χ1) is 14.5. The van der Waals surface area contributed by atoms with Crippen molar-refractivity contribution in [2.24, 2.45) is 4.99 Å². The molecule has 0 radical (unpaired) electrons. The Hall–Kier alpha value is -3.61. The fraction of sp³-hybridized carbons (Fsp3) is 0.261. The molecule has 0 aliphatic carbocycles. The van der Waals surface area contributed by atoms with Gasteiger partial charge < -0.3 is 10.0 Å². The van der Waals surface area contributed by atoms with E-state index in [0.29, 0.717) is 23.5 Å². The number of aromatic hydroxyl groups is 1. The average Bonchev–Trinajstić information content (AvgIpc) is 2.75. The minimum absolute atomic E-state index is 0.00577. The molecule has 1 heterocycles. The topological polar surface area (TPSA) is 90.7 Å². The number of nitrogens with zero attached hydrogens (tertiary/aromatic N) is 3. The SMILES string of the molecule is CCC(=Nc1ccc(N(CC)CC)cc1)c1c(O)n(-c2ccccc2)c(=O)[nH]c1=O. The van der Waals surface area contributed by atoms with Crippen molar-refractivity contribution in [3.05, 3.63) is 81.0 Å². The zero-order chi connectivity index (χ0) is 21.7. The molecule has 0 saturated carbocycles. The van der Waals surface area contributed by atoms with E-state index in [9.17, 15) is 14.7 Å². The molecule has 1 aromatic heterocycles. The number of hydrogen-bond acceptors (Lipinski definition) is 5. The highest BCUT2D eigenvalue weighted by Crippen LogP contribution is 2.23. The van der Waals surface area contributed by atoms with Crippen molar-refractivity contribution in [1.82, 2.24) is 9.55 Å². The highest BCUT2D eigenvalue weighted by Gasteiger charge is 2.19. The maximum absolute atomic E-state index is 12.5. The zero-order valence-corrected chi connectivity index (χ0v) is 17.4. The molecule has 2 aromatic carbocycles. The minimum Gasteiger partial charge on any atom is -0.493 e. The molecule has 0 atom stereocenters. The second kappa shape index (κ2) is 9.26. The number of aromatic amines is 1. The summed E-state index contributed by atoms with van der Waals surface area (Å²) in [6.07, 6.45) is 0.404. The quantitative estimate of drug-likeness (QED) is 0.587. The van der Waals surface area contributed by atoms with E-state index < -0.39 is 17.1 Å². The number of anilines is 1. The van der Waals surface area contributed by atoms with Gasteiger partial charge >= 0.3 is 5.69 Å². The molecule has 3 aromatic rings. The van der Waals surface area contributed by atoms with Gasteiger partial charge in [0.15, 0.2) is 0 Å². The van der Waals surface area contributed by atoms with Gasteiger partial charge in [0, 0.05) is 18.8 Å². The van der Waals surface area contributed by atoms with E-state index in [1.807, 2.05) is 31.2 Å². The summed E-state index contributed by atoms with van der Waals surface area (Å²) in [4.78, 5) is 34.0. The molecule has 3 rings (SSSR count). The highest BCUT2D eigenvalue weighted by molar-refractivity contribution is 6.03. The number of aromatic nitrogens is 2. The molecule has 2 N–H and O–H groups in total. The van der Waals surface area contributed by atoms with Gasteiger partial charge in [-0.2, -0.15) is 0 Å². The lowest BCUT2D eigenvalue weighted by Gasteiger charge is -2.20. The van der Waals surface area contributed by atoms with Crippen molar-refractivity contribution in [1.29, 1.82) is 0 Å². The molecule has 0 amide bonds. The molecule has 156 valence electrons. The Morgan fingerprint density at radius 2 is 1.63 bits per heavy atom. The van der Waals surface area contributed by atoms with E-state index in [1.165, 1.54) is 0 Å². The number of benzene rings is 2. The Kier molecular flexibility index (Phi) is 6.51. The van der Waals surface area contributed by atoms with Crippen LogP contribution in [0, 0.1) is 0 Å². The lowest BCUT2D eigenvalue weighted by atomic mass is 10.1. The van der Waals surface area contributed by atoms with Crippen LogP contribution in [0.2, 0.25) is 0 Å². The first kappa shape index (κ1) is 21.1. The van der Waals surface area contributed by atoms with Gasteiger partial charge in [-0.05, 0) is 56.7 Å². The molecule has 0 aliphatic rings. The van der Waals surface area contributed by atoms with E-state index in [4.69, 9.17) is 0 Å². The van der Waals surface area contributed by atoms with Gasteiger partial charge in [0.1, 0.15) is 5.56 Å². The highest BCUT2D eigenvalue weighted by atomic mass is 16.3. The maximum Gasteiger partial charge on any atom is 0.335 e. The summed E-state index contributed by atoms with van der Waals surface area (Å²) in [5.74, 6) is -0.421. The van der Waals surface area contributed by atoms with Crippen molar-refractivity contribution in [2.45, 2.75) is 27.2 Å². The molecule has 0 aliphatic heterocycles. The number of rotatable bonds is 7. The summed E-state index contributed by atoms with van der Waals surface area (Å²) in [6, 6.07) is 16.4. The van der Waals surface area contributed by atoms with Gasteiger partial charge in [0.25, 0.3) is 5.56 Å². The summed E-state index contributed by atoms with van der Waals surface area (Å²) >= 11 is 0. The summed E-state index contributed by atoms with van der Waals surface area (Å²) in [5.41, 5.74) is 1.24. The molecule has 7 heteroatoms. The molecule has 0 spiro atoms. The normalized spacial score (nSPS) is 11.5. The second-order valence-electron chi connectivity index (χ2n) is 6.73. The summed E-state index contributed by atoms with van der Waals surface area (Å²) < 4.78 is 1.07. The predicted octanol–water partition coefficient (Wildman–Crippen LogP) is 3.61. The molecular formula is C23H26N4O3. The lowest BCUT2D eigenvalue weighted by Crippen LogP contribution is -2.33. The van der Waals surface area contributed by atoms with Gasteiger partial charge in [0.05, 0.1) is 17.1 Å². The van der Waals surface area contributed by atoms with Crippen LogP contribution in [0.1, 0.15) is 32.8 Å². The molecule has 7 nitrogen and oxygen atoms in total. The van der Waals surface area contributed by atoms with Crippen LogP contribution < -0.4 is 16.1 Å². The molecule has 0 unspecified atom stereocenters. The number of H-pyrrole nitrogens is 1. The standard InChI is InChI=1S/C23H26N4O3/c1-4-19(24-16-12-14-17(15-13-16)26(5-2)6-3)20-21(28)25-23(30)27(22(20)29)18-10-8-7-9-11-18/h7-15,29H,4-6H2,1-3H3,(H,25,28,30). The molecular weight excluding hydrogens is 380 g/mol. The smallest absolute Gasteiger partial charge is 0.335 e. The molecule has 0 fully saturated rings. The summed E-state index contributed by atoms with van der Waals surface area (Å²) in [7, 11) is 0. The van der Waals surface area contributed by atoms with Crippen LogP contribution in [-0.4, -0.2) is 33.5 Å². The van der Waals surface area contributed by atoms with Crippen LogP contribution in [0.4, 0.5) is 11.4 Å². The Bertz CT molecular complexity index is 1140. The Labute approximate surface area is 175 Å². The van der Waals surface area contributed by atoms with Crippen LogP contribution in [0.15, 0.2) is 69.2 Å². The monoisotopic (exact) mass is 406 g/mol. The lowest BCUT2D eigenvalue weighted by molar-refractivity contribution is 0.429. The van der Waals surface area contributed by atoms with E-state index in [0.717, 1.165) is 23.3 Å². The molecule has 0 bridgehead atoms. The molecule has 0 saturated heterocycles. The second-order valence-corrected chi connectivity index (χ2v) is 6.73. The third kappa shape index (κ3) is 4.20. The van der Waals surface area contributed by atoms with Gasteiger partial charge in [0.2, 0.25) is 5.88 Å². The van der Waals surface area contributed by atoms with Crippen LogP contribution in [0.5, 0.6) is 5.88 Å². The minimum atomic E-state index is -0.702. The van der Waals surface area contributed by atoms with Crippen molar-refractivity contribution in [2.75, 3.05) is 18.0 Å². The largest absolute Gasteiger partial charge is 0.493 e. The van der Waals surface area contributed by atoms with E-state index in [2.05, 4.69) is 28.7 Å². The van der Waals surface area contributed by atoms with E-state index in [1.54, 1.807) is 30.3 Å². The number of nitrogens with one attached hydrogen (secondary N) is 1. The van der Waals surface area contributed by atoms with E-state index >= 15 is 0 Å². The Morgan fingerprint density at radius 3 is 2.20 bits per heavy atom. The van der Waals surface area contributed by atoms with Crippen LogP contribution >= 0.6 is 0 Å². The first-order valence-corrected chi connectivity index (χ1v) is 10.1. The fourth-order valence-electron chi connectivity index (χ4n) is 3.40. The van der Waals surface area contributed by atoms with Crippen molar-refractivity contribution < 1.29 is 5.11 Å². The van der Waals surface area contributed by atoms with Crippen molar-refractivity contribution in [3.63, 3.8) is 0 Å². The molecule has 30 heavy (non-hydrogen) atoms. The van der Waals surface area contributed by atoms with Gasteiger partial charge in [-0.15, -0.1) is 0 Å². The predicted molar refractivity (Wildman–Crippen MR) is 121 cm³/mol. The summed E-state index contributed by atoms with van der Waals surface area (Å²) in [6.45, 7) is 7.86. The van der Waals surface area contributed by atoms with Crippen molar-refractivity contribution >= 4 is 17.1 Å². The van der Waals surface area contributed by atoms with Crippen molar-refractivity contribution in [3.8, 4) is 11.6 Å². The Morgan fingerprint density at radius 1 is 1.00 bits per heavy atom. The first-order valence-electron chi connectivity index (χ1n) is 10.1. The third-order valence-corrected chi connectivity index (χ3v) is 4.97. The van der Waals surface area contributed by atoms with Gasteiger partial charge in [-0.1, -0.05) is 25.1 Å².